The van der Waals surface area contributed by atoms with Crippen molar-refractivity contribution in [1.29, 1.82) is 0 Å². The summed E-state index contributed by atoms with van der Waals surface area (Å²) in [7, 11) is 2.87. The van der Waals surface area contributed by atoms with Gasteiger partial charge in [0.25, 0.3) is 0 Å². The van der Waals surface area contributed by atoms with Crippen LogP contribution in [0.4, 0.5) is 24.2 Å². The van der Waals surface area contributed by atoms with Gasteiger partial charge >= 0.3 is 12.1 Å². The number of carbonyl (C=O) groups is 2. The monoisotopic (exact) mass is 509 g/mol. The number of halogens is 2. The summed E-state index contributed by atoms with van der Waals surface area (Å²) in [6.07, 6.45) is -2.98. The molecule has 2 aromatic rings. The molecule has 0 spiro atoms. The second-order valence-electron chi connectivity index (χ2n) is 9.58. The maximum atomic E-state index is 15.3. The standard InChI is InChI=1S/C24H33F2N5O5/c1-13-8-15(9-14(2)19(13)26)31-21(28-22(32)27-10-18(34-6)35-7)16-11-30(12-17(25)20(16)29-31)23(33)36-24(3,4)5/h8-9,17-18H,10-12H2,1-7H3,(H2,27,28,32)/t17-/m0/s1. The Hall–Kier alpha value is -3.25. The first kappa shape index (κ1) is 27.3. The summed E-state index contributed by atoms with van der Waals surface area (Å²) in [6.45, 7) is 8.10. The number of methoxy groups -OCH3 is 2. The second kappa shape index (κ2) is 10.8. The minimum absolute atomic E-state index is 0.0414. The highest BCUT2D eigenvalue weighted by molar-refractivity contribution is 5.90. The second-order valence-corrected chi connectivity index (χ2v) is 9.58. The number of benzene rings is 1. The molecule has 1 aliphatic heterocycles. The number of hydrogen-bond acceptors (Lipinski definition) is 6. The Bertz CT molecular complexity index is 1100. The predicted molar refractivity (Wildman–Crippen MR) is 128 cm³/mol. The van der Waals surface area contributed by atoms with Crippen LogP contribution in [0.2, 0.25) is 0 Å². The Morgan fingerprint density at radius 2 is 1.81 bits per heavy atom. The van der Waals surface area contributed by atoms with Crippen molar-refractivity contribution in [1.82, 2.24) is 20.0 Å². The molecule has 0 unspecified atom stereocenters. The third-order valence-electron chi connectivity index (χ3n) is 5.55. The number of nitrogens with one attached hydrogen (secondary N) is 2. The average Bonchev–Trinajstić information content (AvgIpc) is 3.15. The fraction of sp³-hybridized carbons (Fsp3) is 0.542. The molecule has 1 aromatic heterocycles. The van der Waals surface area contributed by atoms with E-state index >= 15 is 4.39 Å². The Labute approximate surface area is 208 Å². The minimum atomic E-state index is -1.62. The Balaban J connectivity index is 2.02. The van der Waals surface area contributed by atoms with Gasteiger partial charge in [0.15, 0.2) is 12.5 Å². The van der Waals surface area contributed by atoms with Crippen LogP contribution in [0.25, 0.3) is 5.69 Å². The summed E-state index contributed by atoms with van der Waals surface area (Å²) in [5.74, 6) is -0.220. The summed E-state index contributed by atoms with van der Waals surface area (Å²) >= 11 is 0. The molecule has 3 amide bonds. The molecule has 0 fully saturated rings. The number of fused-ring (bicyclic) bond motifs is 1. The van der Waals surface area contributed by atoms with Crippen molar-refractivity contribution in [3.8, 4) is 5.69 Å². The van der Waals surface area contributed by atoms with Crippen LogP contribution in [0.3, 0.4) is 0 Å². The Morgan fingerprint density at radius 3 is 2.36 bits per heavy atom. The molecule has 1 aliphatic rings. The normalized spacial score (nSPS) is 15.6. The maximum Gasteiger partial charge on any atom is 0.410 e. The smallest absolute Gasteiger partial charge is 0.410 e. The van der Waals surface area contributed by atoms with E-state index in [9.17, 15) is 14.0 Å². The molecule has 12 heteroatoms. The van der Waals surface area contributed by atoms with Crippen molar-refractivity contribution in [2.45, 2.75) is 59.2 Å². The lowest BCUT2D eigenvalue weighted by Gasteiger charge is -2.31. The zero-order valence-electron chi connectivity index (χ0n) is 21.6. The molecule has 1 atom stereocenters. The molecule has 0 bridgehead atoms. The molecule has 3 rings (SSSR count). The third-order valence-corrected chi connectivity index (χ3v) is 5.55. The number of nitrogens with zero attached hydrogens (tertiary/aromatic N) is 3. The number of hydrogen-bond donors (Lipinski definition) is 2. The molecule has 0 aliphatic carbocycles. The number of anilines is 1. The van der Waals surface area contributed by atoms with Gasteiger partial charge in [0.2, 0.25) is 0 Å². The Morgan fingerprint density at radius 1 is 1.19 bits per heavy atom. The predicted octanol–water partition coefficient (Wildman–Crippen LogP) is 4.13. The highest BCUT2D eigenvalue weighted by Crippen LogP contribution is 2.36. The molecule has 10 nitrogen and oxygen atoms in total. The Kier molecular flexibility index (Phi) is 8.19. The summed E-state index contributed by atoms with van der Waals surface area (Å²) in [5.41, 5.74) is 0.782. The molecule has 198 valence electrons. The molecule has 0 saturated carbocycles. The molecule has 36 heavy (non-hydrogen) atoms. The van der Waals surface area contributed by atoms with Crippen LogP contribution in [0, 0.1) is 19.7 Å². The van der Waals surface area contributed by atoms with Crippen LogP contribution in [0.5, 0.6) is 0 Å². The zero-order chi connectivity index (χ0) is 26.8. The minimum Gasteiger partial charge on any atom is -0.444 e. The van der Waals surface area contributed by atoms with Crippen LogP contribution in [-0.4, -0.2) is 66.0 Å². The third kappa shape index (κ3) is 6.11. The van der Waals surface area contributed by atoms with E-state index in [1.807, 2.05) is 0 Å². The van der Waals surface area contributed by atoms with E-state index in [2.05, 4.69) is 15.7 Å². The lowest BCUT2D eigenvalue weighted by molar-refractivity contribution is -0.0970. The van der Waals surface area contributed by atoms with Crippen LogP contribution < -0.4 is 10.6 Å². The fourth-order valence-electron chi connectivity index (χ4n) is 3.83. The highest BCUT2D eigenvalue weighted by atomic mass is 19.1. The lowest BCUT2D eigenvalue weighted by Crippen LogP contribution is -2.41. The largest absolute Gasteiger partial charge is 0.444 e. The van der Waals surface area contributed by atoms with Crippen LogP contribution in [-0.2, 0) is 20.8 Å². The number of amides is 3. The lowest BCUT2D eigenvalue weighted by atomic mass is 10.1. The van der Waals surface area contributed by atoms with E-state index in [4.69, 9.17) is 14.2 Å². The number of ether oxygens (including phenoxy) is 3. The number of rotatable bonds is 6. The number of urea groups is 1. The summed E-state index contributed by atoms with van der Waals surface area (Å²) < 4.78 is 46.5. The first-order chi connectivity index (χ1) is 16.8. The van der Waals surface area contributed by atoms with Gasteiger partial charge in [0.1, 0.15) is 22.9 Å². The van der Waals surface area contributed by atoms with Gasteiger partial charge in [-0.1, -0.05) is 0 Å². The first-order valence-electron chi connectivity index (χ1n) is 11.5. The average molecular weight is 510 g/mol. The van der Waals surface area contributed by atoms with E-state index < -0.39 is 30.2 Å². The SMILES string of the molecule is COC(CNC(=O)Nc1c2c(nn1-c1cc(C)c(F)c(C)c1)[C@@H](F)CN(C(=O)OC(C)(C)C)C2)OC. The number of aryl methyl sites for hydroxylation is 2. The van der Waals surface area contributed by atoms with Gasteiger partial charge in [-0.15, -0.1) is 0 Å². The van der Waals surface area contributed by atoms with Crippen molar-refractivity contribution < 1.29 is 32.6 Å². The molecule has 2 heterocycles. The van der Waals surface area contributed by atoms with Gasteiger partial charge in [0.05, 0.1) is 25.3 Å². The van der Waals surface area contributed by atoms with Crippen LogP contribution in [0.1, 0.15) is 49.3 Å². The van der Waals surface area contributed by atoms with E-state index in [0.29, 0.717) is 22.4 Å². The molecule has 1 aromatic carbocycles. The van der Waals surface area contributed by atoms with E-state index in [-0.39, 0.29) is 37.0 Å². The number of carbonyl (C=O) groups excluding carboxylic acids is 2. The summed E-state index contributed by atoms with van der Waals surface area (Å²) in [6, 6.07) is 2.47. The zero-order valence-corrected chi connectivity index (χ0v) is 21.6. The first-order valence-corrected chi connectivity index (χ1v) is 11.5. The van der Waals surface area contributed by atoms with Gasteiger partial charge in [-0.3, -0.25) is 5.32 Å². The van der Waals surface area contributed by atoms with Gasteiger partial charge in [-0.2, -0.15) is 5.10 Å². The molecule has 0 saturated heterocycles. The van der Waals surface area contributed by atoms with Crippen molar-refractivity contribution in [2.24, 2.45) is 0 Å². The fourth-order valence-corrected chi connectivity index (χ4v) is 3.83. The van der Waals surface area contributed by atoms with Gasteiger partial charge in [0, 0.05) is 19.8 Å². The maximum absolute atomic E-state index is 15.3. The van der Waals surface area contributed by atoms with Crippen molar-refractivity contribution in [3.05, 3.63) is 40.3 Å². The van der Waals surface area contributed by atoms with E-state index in [1.165, 1.54) is 23.8 Å². The number of aromatic nitrogens is 2. The molecular weight excluding hydrogens is 476 g/mol. The van der Waals surface area contributed by atoms with Gasteiger partial charge in [-0.25, -0.2) is 23.1 Å². The molecule has 2 N–H and O–H groups in total. The molecule has 0 radical (unpaired) electrons. The highest BCUT2D eigenvalue weighted by Gasteiger charge is 2.36. The summed E-state index contributed by atoms with van der Waals surface area (Å²) in [4.78, 5) is 26.7. The number of alkyl halides is 1. The van der Waals surface area contributed by atoms with Crippen molar-refractivity contribution in [2.75, 3.05) is 32.6 Å². The van der Waals surface area contributed by atoms with Crippen molar-refractivity contribution >= 4 is 17.9 Å². The van der Waals surface area contributed by atoms with Crippen molar-refractivity contribution in [3.63, 3.8) is 0 Å². The van der Waals surface area contributed by atoms with E-state index in [0.717, 1.165) is 0 Å². The molecular formula is C24H33F2N5O5. The van der Waals surface area contributed by atoms with Crippen LogP contribution >= 0.6 is 0 Å². The van der Waals surface area contributed by atoms with Crippen LogP contribution in [0.15, 0.2) is 12.1 Å². The topological polar surface area (TPSA) is 107 Å². The van der Waals surface area contributed by atoms with Gasteiger partial charge in [-0.05, 0) is 57.9 Å². The summed E-state index contributed by atoms with van der Waals surface area (Å²) in [5, 5.41) is 9.73. The quantitative estimate of drug-likeness (QED) is 0.567. The van der Waals surface area contributed by atoms with E-state index in [1.54, 1.807) is 46.8 Å². The van der Waals surface area contributed by atoms with Gasteiger partial charge < -0.3 is 24.4 Å².